The summed E-state index contributed by atoms with van der Waals surface area (Å²) in [6, 6.07) is 7.19. The maximum Gasteiger partial charge on any atom is 0.271 e. The van der Waals surface area contributed by atoms with Crippen molar-refractivity contribution >= 4 is 35.0 Å². The van der Waals surface area contributed by atoms with E-state index in [4.69, 9.17) is 10.7 Å². The first-order valence-corrected chi connectivity index (χ1v) is 13.5. The molecular formula is C29H44N8O3. The second-order valence-corrected chi connectivity index (χ2v) is 10.3. The van der Waals surface area contributed by atoms with Crippen LogP contribution in [0.25, 0.3) is 0 Å². The van der Waals surface area contributed by atoms with Gasteiger partial charge in [-0.05, 0) is 65.4 Å². The first-order valence-electron chi connectivity index (χ1n) is 13.5. The molecule has 0 saturated heterocycles. The summed E-state index contributed by atoms with van der Waals surface area (Å²) in [5, 5.41) is 6.11. The van der Waals surface area contributed by atoms with E-state index in [0.29, 0.717) is 48.9 Å². The summed E-state index contributed by atoms with van der Waals surface area (Å²) in [6.07, 6.45) is 4.43. The molecule has 40 heavy (non-hydrogen) atoms. The molecule has 0 fully saturated rings. The van der Waals surface area contributed by atoms with Crippen molar-refractivity contribution in [1.82, 2.24) is 25.1 Å². The highest BCUT2D eigenvalue weighted by Crippen LogP contribution is 2.25. The van der Waals surface area contributed by atoms with E-state index in [-0.39, 0.29) is 23.6 Å². The molecule has 3 amide bonds. The van der Waals surface area contributed by atoms with Gasteiger partial charge in [-0.25, -0.2) is 9.97 Å². The second-order valence-electron chi connectivity index (χ2n) is 10.3. The molecule has 1 aromatic heterocycles. The lowest BCUT2D eigenvalue weighted by Gasteiger charge is -2.25. The molecule has 1 aromatic carbocycles. The van der Waals surface area contributed by atoms with Gasteiger partial charge in [0.1, 0.15) is 6.04 Å². The van der Waals surface area contributed by atoms with Crippen LogP contribution in [0.3, 0.4) is 0 Å². The highest BCUT2D eigenvalue weighted by Gasteiger charge is 2.22. The molecule has 0 aliphatic rings. The fourth-order valence-electron chi connectivity index (χ4n) is 3.75. The van der Waals surface area contributed by atoms with Crippen molar-refractivity contribution in [3.63, 3.8) is 0 Å². The number of amides is 3. The van der Waals surface area contributed by atoms with Gasteiger partial charge in [0.15, 0.2) is 17.3 Å². The Kier molecular flexibility index (Phi) is 12.1. The van der Waals surface area contributed by atoms with Gasteiger partial charge in [-0.3, -0.25) is 14.4 Å². The summed E-state index contributed by atoms with van der Waals surface area (Å²) >= 11 is 0. The standard InChI is InChI=1S/C29H44N8O3/c1-9-23-28(36(7)19(2)3)34-27(25(33-23)26(30)39)32-22-13-10-12-21(18-22)15-16-31-29(40)20(4)37(8)24(38)14-11-17-35(5)6/h10-14,18-20H,9,15-17H2,1-8H3,(H2,30,39)(H,31,40)(H,32,34)/b14-11+/t20-/m1/s1. The number of nitrogens with two attached hydrogens (primary N) is 1. The average Bonchev–Trinajstić information content (AvgIpc) is 2.91. The zero-order chi connectivity index (χ0) is 30.0. The number of benzene rings is 1. The Morgan fingerprint density at radius 3 is 2.38 bits per heavy atom. The van der Waals surface area contributed by atoms with Crippen LogP contribution in [0.4, 0.5) is 17.3 Å². The van der Waals surface area contributed by atoms with Gasteiger partial charge in [-0.2, -0.15) is 0 Å². The number of anilines is 3. The third kappa shape index (κ3) is 9.04. The SMILES string of the molecule is CCc1nc(C(N)=O)c(Nc2cccc(CCNC(=O)[C@@H](C)N(C)C(=O)/C=C/CN(C)C)c2)nc1N(C)C(C)C. The molecule has 218 valence electrons. The number of aromatic nitrogens is 2. The lowest BCUT2D eigenvalue weighted by atomic mass is 10.1. The third-order valence-electron chi connectivity index (χ3n) is 6.57. The smallest absolute Gasteiger partial charge is 0.271 e. The van der Waals surface area contributed by atoms with E-state index < -0.39 is 11.9 Å². The lowest BCUT2D eigenvalue weighted by molar-refractivity contribution is -0.135. The van der Waals surface area contributed by atoms with Crippen LogP contribution in [-0.4, -0.2) is 90.9 Å². The van der Waals surface area contributed by atoms with Crippen molar-refractivity contribution in [1.29, 1.82) is 0 Å². The van der Waals surface area contributed by atoms with Gasteiger partial charge in [0, 0.05) is 45.0 Å². The molecular weight excluding hydrogens is 508 g/mol. The molecule has 0 aliphatic heterocycles. The van der Waals surface area contributed by atoms with Gasteiger partial charge in [0.25, 0.3) is 5.91 Å². The number of likely N-dealkylation sites (N-methyl/N-ethyl adjacent to an activating group) is 2. The zero-order valence-electron chi connectivity index (χ0n) is 25.0. The van der Waals surface area contributed by atoms with E-state index in [1.165, 1.54) is 11.0 Å². The second kappa shape index (κ2) is 15.0. The van der Waals surface area contributed by atoms with Crippen LogP contribution in [0.2, 0.25) is 0 Å². The first-order chi connectivity index (χ1) is 18.8. The minimum Gasteiger partial charge on any atom is -0.364 e. The zero-order valence-corrected chi connectivity index (χ0v) is 25.0. The van der Waals surface area contributed by atoms with Crippen molar-refractivity contribution in [3.8, 4) is 0 Å². The summed E-state index contributed by atoms with van der Waals surface area (Å²) in [6.45, 7) is 8.81. The molecule has 0 bridgehead atoms. The molecule has 11 nitrogen and oxygen atoms in total. The maximum absolute atomic E-state index is 12.6. The van der Waals surface area contributed by atoms with Crippen molar-refractivity contribution in [2.75, 3.05) is 51.5 Å². The Hall–Kier alpha value is -3.99. The quantitative estimate of drug-likeness (QED) is 0.304. The van der Waals surface area contributed by atoms with E-state index in [2.05, 4.69) is 29.5 Å². The fourth-order valence-corrected chi connectivity index (χ4v) is 3.75. The summed E-state index contributed by atoms with van der Waals surface area (Å²) in [5.41, 5.74) is 8.10. The van der Waals surface area contributed by atoms with E-state index in [0.717, 1.165) is 5.56 Å². The summed E-state index contributed by atoms with van der Waals surface area (Å²) < 4.78 is 0. The highest BCUT2D eigenvalue weighted by molar-refractivity contribution is 5.96. The predicted octanol–water partition coefficient (Wildman–Crippen LogP) is 2.35. The fraction of sp³-hybridized carbons (Fsp3) is 0.483. The Balaban J connectivity index is 2.09. The number of hydrogen-bond acceptors (Lipinski definition) is 8. The van der Waals surface area contributed by atoms with Crippen molar-refractivity contribution in [2.45, 2.75) is 52.6 Å². The van der Waals surface area contributed by atoms with Crippen molar-refractivity contribution in [3.05, 3.63) is 53.4 Å². The van der Waals surface area contributed by atoms with Gasteiger partial charge >= 0.3 is 0 Å². The van der Waals surface area contributed by atoms with E-state index in [9.17, 15) is 14.4 Å². The van der Waals surface area contributed by atoms with Crippen molar-refractivity contribution in [2.24, 2.45) is 5.73 Å². The number of primary amides is 1. The van der Waals surface area contributed by atoms with Crippen LogP contribution in [0, 0.1) is 0 Å². The van der Waals surface area contributed by atoms with Crippen molar-refractivity contribution < 1.29 is 14.4 Å². The number of carbonyl (C=O) groups excluding carboxylic acids is 3. The molecule has 4 N–H and O–H groups in total. The normalized spacial score (nSPS) is 12.1. The third-order valence-corrected chi connectivity index (χ3v) is 6.57. The van der Waals surface area contributed by atoms with Gasteiger partial charge in [-0.1, -0.05) is 25.1 Å². The minimum atomic E-state index is -0.659. The van der Waals surface area contributed by atoms with E-state index in [1.54, 1.807) is 20.0 Å². The molecule has 0 aliphatic carbocycles. The van der Waals surface area contributed by atoms with Gasteiger partial charge in [0.2, 0.25) is 11.8 Å². The number of hydrogen-bond donors (Lipinski definition) is 3. The van der Waals surface area contributed by atoms with Crippen LogP contribution in [0.5, 0.6) is 0 Å². The largest absolute Gasteiger partial charge is 0.364 e. The number of carbonyl (C=O) groups is 3. The molecule has 1 atom stereocenters. The monoisotopic (exact) mass is 552 g/mol. The minimum absolute atomic E-state index is 0.0830. The number of rotatable bonds is 14. The molecule has 0 spiro atoms. The average molecular weight is 553 g/mol. The predicted molar refractivity (Wildman–Crippen MR) is 160 cm³/mol. The molecule has 1 heterocycles. The molecule has 0 unspecified atom stereocenters. The van der Waals surface area contributed by atoms with Gasteiger partial charge < -0.3 is 31.1 Å². The Bertz CT molecular complexity index is 1210. The van der Waals surface area contributed by atoms with Crippen LogP contribution in [0.15, 0.2) is 36.4 Å². The summed E-state index contributed by atoms with van der Waals surface area (Å²) in [7, 11) is 7.38. The van der Waals surface area contributed by atoms with Gasteiger partial charge in [0.05, 0.1) is 5.69 Å². The van der Waals surface area contributed by atoms with E-state index in [1.807, 2.05) is 62.1 Å². The van der Waals surface area contributed by atoms with E-state index >= 15 is 0 Å². The molecule has 0 saturated carbocycles. The topological polar surface area (TPSA) is 137 Å². The van der Waals surface area contributed by atoms with Crippen LogP contribution < -0.4 is 21.3 Å². The lowest BCUT2D eigenvalue weighted by Crippen LogP contribution is -2.45. The highest BCUT2D eigenvalue weighted by atomic mass is 16.2. The number of nitrogens with one attached hydrogen (secondary N) is 2. The van der Waals surface area contributed by atoms with Crippen LogP contribution in [0.1, 0.15) is 49.4 Å². The van der Waals surface area contributed by atoms with Gasteiger partial charge in [-0.15, -0.1) is 0 Å². The number of nitrogens with zero attached hydrogens (tertiary/aromatic N) is 5. The number of aryl methyl sites for hydroxylation is 1. The molecule has 11 heteroatoms. The molecule has 2 rings (SSSR count). The Morgan fingerprint density at radius 1 is 1.07 bits per heavy atom. The molecule has 2 aromatic rings. The maximum atomic E-state index is 12.6. The van der Waals surface area contributed by atoms with Crippen LogP contribution >= 0.6 is 0 Å². The molecule has 0 radical (unpaired) electrons. The summed E-state index contributed by atoms with van der Waals surface area (Å²) in [5.74, 6) is -0.136. The summed E-state index contributed by atoms with van der Waals surface area (Å²) in [4.78, 5) is 51.8. The Labute approximate surface area is 237 Å². The van der Waals surface area contributed by atoms with Crippen LogP contribution in [-0.2, 0) is 22.4 Å². The Morgan fingerprint density at radius 2 is 1.77 bits per heavy atom. The first kappa shape index (κ1) is 32.2.